The van der Waals surface area contributed by atoms with Crippen LogP contribution < -0.4 is 5.32 Å². The number of carbonyl (C=O) groups is 2. The predicted octanol–water partition coefficient (Wildman–Crippen LogP) is 3.94. The molecule has 1 N–H and O–H groups in total. The molecule has 0 spiro atoms. The number of allylic oxidation sites excluding steroid dienone is 5. The number of amides is 1. The van der Waals surface area contributed by atoms with Crippen molar-refractivity contribution < 1.29 is 9.59 Å². The molecule has 3 rings (SSSR count). The van der Waals surface area contributed by atoms with Crippen LogP contribution in [0.25, 0.3) is 0 Å². The molecule has 28 heavy (non-hydrogen) atoms. The van der Waals surface area contributed by atoms with Crippen molar-refractivity contribution in [3.63, 3.8) is 0 Å². The zero-order valence-electron chi connectivity index (χ0n) is 16.1. The van der Waals surface area contributed by atoms with Crippen molar-refractivity contribution in [2.24, 2.45) is 0 Å². The Morgan fingerprint density at radius 3 is 2.79 bits per heavy atom. The first-order chi connectivity index (χ1) is 13.5. The van der Waals surface area contributed by atoms with Gasteiger partial charge < -0.3 is 15.0 Å². The summed E-state index contributed by atoms with van der Waals surface area (Å²) in [4.78, 5) is 25.9. The second kappa shape index (κ2) is 8.61. The Hall–Kier alpha value is -2.59. The second-order valence-electron chi connectivity index (χ2n) is 7.24. The van der Waals surface area contributed by atoms with E-state index in [1.54, 1.807) is 0 Å². The number of carbonyl (C=O) groups excluding carboxylic acids is 2. The standard InChI is InChI=1S/C23H25ClN2O2/c1-3-4-5-6-7-11-21-23(2,17-9-8-10-18(24)14-17)15-20-22(28)25-16-19(12-13-27)26(20)21/h3-11,13-15,19,21H,12,16H2,1-2H3,(H,25,28). The molecule has 4 nitrogen and oxygen atoms in total. The highest BCUT2D eigenvalue weighted by molar-refractivity contribution is 6.30. The van der Waals surface area contributed by atoms with Gasteiger partial charge in [0, 0.05) is 23.4 Å². The molecule has 5 heteroatoms. The van der Waals surface area contributed by atoms with Gasteiger partial charge in [0.05, 0.1) is 12.1 Å². The molecule has 0 aliphatic carbocycles. The van der Waals surface area contributed by atoms with Gasteiger partial charge in [-0.15, -0.1) is 0 Å². The highest BCUT2D eigenvalue weighted by Crippen LogP contribution is 2.44. The van der Waals surface area contributed by atoms with E-state index in [-0.39, 0.29) is 18.0 Å². The summed E-state index contributed by atoms with van der Waals surface area (Å²) in [5.41, 5.74) is 1.20. The molecule has 1 fully saturated rings. The van der Waals surface area contributed by atoms with Gasteiger partial charge in [-0.2, -0.15) is 0 Å². The van der Waals surface area contributed by atoms with E-state index in [9.17, 15) is 9.59 Å². The van der Waals surface area contributed by atoms with E-state index in [1.807, 2.05) is 67.6 Å². The third kappa shape index (κ3) is 3.83. The second-order valence-corrected chi connectivity index (χ2v) is 7.67. The van der Waals surface area contributed by atoms with E-state index < -0.39 is 5.41 Å². The van der Waals surface area contributed by atoms with Gasteiger partial charge in [0.15, 0.2) is 0 Å². The molecule has 146 valence electrons. The van der Waals surface area contributed by atoms with Gasteiger partial charge in [-0.05, 0) is 37.6 Å². The first-order valence-electron chi connectivity index (χ1n) is 9.46. The van der Waals surface area contributed by atoms with Crippen LogP contribution in [0.3, 0.4) is 0 Å². The number of nitrogens with zero attached hydrogens (tertiary/aromatic N) is 1. The summed E-state index contributed by atoms with van der Waals surface area (Å²) in [6.07, 6.45) is 15.2. The summed E-state index contributed by atoms with van der Waals surface area (Å²) in [7, 11) is 0. The first kappa shape index (κ1) is 20.2. The van der Waals surface area contributed by atoms with Crippen LogP contribution in [0.5, 0.6) is 0 Å². The summed E-state index contributed by atoms with van der Waals surface area (Å²) in [5.74, 6) is -0.101. The average Bonchev–Trinajstić information content (AvgIpc) is 2.99. The quantitative estimate of drug-likeness (QED) is 0.585. The van der Waals surface area contributed by atoms with Gasteiger partial charge in [0.1, 0.15) is 12.0 Å². The number of fused-ring (bicyclic) bond motifs is 1. The Balaban J connectivity index is 2.07. The number of hydrogen-bond acceptors (Lipinski definition) is 3. The van der Waals surface area contributed by atoms with Crippen LogP contribution in [0, 0.1) is 0 Å². The van der Waals surface area contributed by atoms with Crippen LogP contribution in [0.1, 0.15) is 25.8 Å². The van der Waals surface area contributed by atoms with E-state index in [0.717, 1.165) is 11.8 Å². The van der Waals surface area contributed by atoms with Gasteiger partial charge >= 0.3 is 0 Å². The minimum Gasteiger partial charge on any atom is -0.354 e. The third-order valence-electron chi connectivity index (χ3n) is 5.39. The zero-order valence-corrected chi connectivity index (χ0v) is 16.9. The van der Waals surface area contributed by atoms with Crippen molar-refractivity contribution in [3.8, 4) is 0 Å². The number of nitrogens with one attached hydrogen (secondary N) is 1. The summed E-state index contributed by atoms with van der Waals surface area (Å²) < 4.78 is 0. The summed E-state index contributed by atoms with van der Waals surface area (Å²) in [6, 6.07) is 7.57. The SMILES string of the molecule is CC=CC=CC=CC1N2C(=CC1(C)c1cccc(Cl)c1)C(=O)NCC2CC=O. The largest absolute Gasteiger partial charge is 0.354 e. The topological polar surface area (TPSA) is 49.4 Å². The normalized spacial score (nSPS) is 27.5. The van der Waals surface area contributed by atoms with E-state index >= 15 is 0 Å². The third-order valence-corrected chi connectivity index (χ3v) is 5.62. The lowest BCUT2D eigenvalue weighted by atomic mass is 9.76. The van der Waals surface area contributed by atoms with Crippen LogP contribution in [0.4, 0.5) is 0 Å². The fraction of sp³-hybridized carbons (Fsp3) is 0.304. The smallest absolute Gasteiger partial charge is 0.267 e. The lowest BCUT2D eigenvalue weighted by Crippen LogP contribution is -2.55. The monoisotopic (exact) mass is 396 g/mol. The number of halogens is 1. The molecule has 3 atom stereocenters. The number of piperazine rings is 1. The summed E-state index contributed by atoms with van der Waals surface area (Å²) in [5, 5.41) is 3.57. The number of aldehydes is 1. The van der Waals surface area contributed by atoms with Crippen LogP contribution in [0.15, 0.2) is 72.5 Å². The van der Waals surface area contributed by atoms with Gasteiger partial charge in [0.25, 0.3) is 5.91 Å². The molecule has 0 radical (unpaired) electrons. The fourth-order valence-corrected chi connectivity index (χ4v) is 4.17. The molecule has 1 amide bonds. The molecular weight excluding hydrogens is 372 g/mol. The Kier molecular flexibility index (Phi) is 6.20. The minimum absolute atomic E-state index is 0.0726. The molecule has 2 aliphatic heterocycles. The van der Waals surface area contributed by atoms with E-state index in [0.29, 0.717) is 23.7 Å². The van der Waals surface area contributed by atoms with Gasteiger partial charge in [-0.1, -0.05) is 60.2 Å². The molecule has 1 saturated heterocycles. The van der Waals surface area contributed by atoms with Crippen LogP contribution >= 0.6 is 11.6 Å². The van der Waals surface area contributed by atoms with Crippen molar-refractivity contribution in [2.75, 3.05) is 6.54 Å². The minimum atomic E-state index is -0.450. The van der Waals surface area contributed by atoms with Crippen LogP contribution in [-0.2, 0) is 15.0 Å². The number of rotatable bonds is 6. The molecular formula is C23H25ClN2O2. The number of benzene rings is 1. The van der Waals surface area contributed by atoms with Gasteiger partial charge in [0.2, 0.25) is 0 Å². The maximum atomic E-state index is 12.6. The maximum absolute atomic E-state index is 12.6. The average molecular weight is 397 g/mol. The van der Waals surface area contributed by atoms with E-state index in [4.69, 9.17) is 11.6 Å². The molecule has 1 aromatic rings. The predicted molar refractivity (Wildman–Crippen MR) is 113 cm³/mol. The highest BCUT2D eigenvalue weighted by atomic mass is 35.5. The molecule has 0 saturated carbocycles. The Labute approximate surface area is 171 Å². The van der Waals surface area contributed by atoms with Crippen molar-refractivity contribution in [1.29, 1.82) is 0 Å². The molecule has 3 unspecified atom stereocenters. The van der Waals surface area contributed by atoms with Crippen LogP contribution in [0.2, 0.25) is 5.02 Å². The Morgan fingerprint density at radius 2 is 2.07 bits per heavy atom. The van der Waals surface area contributed by atoms with Gasteiger partial charge in [-0.25, -0.2) is 0 Å². The van der Waals surface area contributed by atoms with E-state index in [2.05, 4.69) is 23.2 Å². The van der Waals surface area contributed by atoms with Gasteiger partial charge in [-0.3, -0.25) is 4.79 Å². The number of hydrogen-bond donors (Lipinski definition) is 1. The molecule has 0 bridgehead atoms. The summed E-state index contributed by atoms with van der Waals surface area (Å²) >= 11 is 6.26. The highest BCUT2D eigenvalue weighted by Gasteiger charge is 2.49. The zero-order chi connectivity index (χ0) is 20.1. The molecule has 1 aromatic carbocycles. The molecule has 2 aliphatic rings. The Bertz CT molecular complexity index is 871. The Morgan fingerprint density at radius 1 is 1.29 bits per heavy atom. The summed E-state index contributed by atoms with van der Waals surface area (Å²) in [6.45, 7) is 4.53. The van der Waals surface area contributed by atoms with E-state index in [1.165, 1.54) is 0 Å². The fourth-order valence-electron chi connectivity index (χ4n) is 3.98. The van der Waals surface area contributed by atoms with Crippen LogP contribution in [-0.4, -0.2) is 35.7 Å². The lowest BCUT2D eigenvalue weighted by Gasteiger charge is -2.42. The van der Waals surface area contributed by atoms with Crippen molar-refractivity contribution >= 4 is 23.8 Å². The van der Waals surface area contributed by atoms with Crippen molar-refractivity contribution in [1.82, 2.24) is 10.2 Å². The van der Waals surface area contributed by atoms with Crippen molar-refractivity contribution in [3.05, 3.63) is 83.1 Å². The maximum Gasteiger partial charge on any atom is 0.267 e. The first-order valence-corrected chi connectivity index (χ1v) is 9.84. The van der Waals surface area contributed by atoms with Crippen molar-refractivity contribution in [2.45, 2.75) is 37.8 Å². The molecule has 0 aromatic heterocycles. The lowest BCUT2D eigenvalue weighted by molar-refractivity contribution is -0.122. The molecule has 2 heterocycles.